The summed E-state index contributed by atoms with van der Waals surface area (Å²) in [5.74, 6) is -0.981. The Kier molecular flexibility index (Phi) is 1.55. The van der Waals surface area contributed by atoms with Crippen molar-refractivity contribution >= 4 is 11.6 Å². The first-order valence-electron chi connectivity index (χ1n) is 2.51. The van der Waals surface area contributed by atoms with E-state index in [1.54, 1.807) is 0 Å². The zero-order valence-corrected chi connectivity index (χ0v) is 5.18. The summed E-state index contributed by atoms with van der Waals surface area (Å²) in [7, 11) is 0. The van der Waals surface area contributed by atoms with Crippen molar-refractivity contribution in [1.82, 2.24) is 5.16 Å². The summed E-state index contributed by atoms with van der Waals surface area (Å²) in [6.45, 7) is 0. The van der Waals surface area contributed by atoms with E-state index in [4.69, 9.17) is 5.73 Å². The molecule has 0 aliphatic heterocycles. The van der Waals surface area contributed by atoms with Crippen molar-refractivity contribution < 1.29 is 14.2 Å². The number of hydrogen-bond donors (Lipinski definition) is 1. The maximum atomic E-state index is 10.4. The van der Waals surface area contributed by atoms with E-state index >= 15 is 0 Å². The minimum absolute atomic E-state index is 0.463. The van der Waals surface area contributed by atoms with E-state index in [-0.39, 0.29) is 0 Å². The molecule has 0 saturated heterocycles. The van der Waals surface area contributed by atoms with Gasteiger partial charge >= 0.3 is 5.69 Å². The molecule has 0 saturated carbocycles. The van der Waals surface area contributed by atoms with Crippen LogP contribution in [-0.2, 0) is 0 Å². The van der Waals surface area contributed by atoms with Gasteiger partial charge in [0.1, 0.15) is 0 Å². The topological polar surface area (TPSA) is 112 Å². The molecule has 1 amide bonds. The summed E-state index contributed by atoms with van der Waals surface area (Å²) in [6.07, 6.45) is 0.750. The zero-order valence-electron chi connectivity index (χ0n) is 5.18. The zero-order chi connectivity index (χ0) is 8.43. The molecule has 2 N–H and O–H groups in total. The molecule has 1 heterocycles. The van der Waals surface area contributed by atoms with Crippen LogP contribution >= 0.6 is 0 Å². The molecule has 7 heteroatoms. The van der Waals surface area contributed by atoms with Gasteiger partial charge in [-0.1, -0.05) is 5.16 Å². The Morgan fingerprint density at radius 2 is 2.45 bits per heavy atom. The fourth-order valence-corrected chi connectivity index (χ4v) is 0.532. The SMILES string of the molecule is NC(=O)c1nocc1[N+](=O)[O-]. The van der Waals surface area contributed by atoms with Gasteiger partial charge in [0.15, 0.2) is 0 Å². The summed E-state index contributed by atoms with van der Waals surface area (Å²) in [4.78, 5) is 19.7. The van der Waals surface area contributed by atoms with Gasteiger partial charge < -0.3 is 10.3 Å². The molecular formula is C4H3N3O4. The highest BCUT2D eigenvalue weighted by atomic mass is 16.6. The predicted octanol–water partition coefficient (Wildman–Crippen LogP) is -0.318. The number of primary amides is 1. The lowest BCUT2D eigenvalue weighted by Crippen LogP contribution is -2.13. The van der Waals surface area contributed by atoms with E-state index in [1.165, 1.54) is 0 Å². The normalized spacial score (nSPS) is 9.45. The fraction of sp³-hybridized carbons (Fsp3) is 0. The molecule has 0 unspecified atom stereocenters. The Morgan fingerprint density at radius 3 is 2.82 bits per heavy atom. The van der Waals surface area contributed by atoms with Crippen LogP contribution in [0.5, 0.6) is 0 Å². The lowest BCUT2D eigenvalue weighted by molar-refractivity contribution is -0.385. The number of carbonyl (C=O) groups is 1. The number of nitrogens with zero attached hydrogens (tertiary/aromatic N) is 2. The van der Waals surface area contributed by atoms with Crippen LogP contribution in [-0.4, -0.2) is 16.0 Å². The van der Waals surface area contributed by atoms with Gasteiger partial charge in [-0.2, -0.15) is 0 Å². The van der Waals surface area contributed by atoms with E-state index in [0.717, 1.165) is 6.26 Å². The van der Waals surface area contributed by atoms with Gasteiger partial charge in [0.05, 0.1) is 4.92 Å². The Labute approximate surface area is 59.9 Å². The molecule has 0 fully saturated rings. The summed E-state index contributed by atoms with van der Waals surface area (Å²) in [6, 6.07) is 0. The third-order valence-corrected chi connectivity index (χ3v) is 0.981. The number of hydrogen-bond acceptors (Lipinski definition) is 5. The van der Waals surface area contributed by atoms with Gasteiger partial charge in [0, 0.05) is 0 Å². The number of rotatable bonds is 2. The second-order valence-electron chi connectivity index (χ2n) is 1.67. The van der Waals surface area contributed by atoms with E-state index in [2.05, 4.69) is 9.68 Å². The van der Waals surface area contributed by atoms with Crippen LogP contribution in [0, 0.1) is 10.1 Å². The standard InChI is InChI=1S/C4H3N3O4/c5-4(8)3-2(7(9)10)1-11-6-3/h1H,(H2,5,8). The molecule has 1 aromatic heterocycles. The highest BCUT2D eigenvalue weighted by Gasteiger charge is 2.22. The Balaban J connectivity index is 3.16. The maximum Gasteiger partial charge on any atom is 0.341 e. The van der Waals surface area contributed by atoms with Crippen molar-refractivity contribution in [3.8, 4) is 0 Å². The highest BCUT2D eigenvalue weighted by Crippen LogP contribution is 2.14. The van der Waals surface area contributed by atoms with Crippen LogP contribution in [0.2, 0.25) is 0 Å². The summed E-state index contributed by atoms with van der Waals surface area (Å²) >= 11 is 0. The van der Waals surface area contributed by atoms with Gasteiger partial charge in [-0.05, 0) is 0 Å². The van der Waals surface area contributed by atoms with Gasteiger partial charge in [0.25, 0.3) is 5.91 Å². The molecule has 58 valence electrons. The molecule has 0 aliphatic carbocycles. The highest BCUT2D eigenvalue weighted by molar-refractivity contribution is 5.94. The first kappa shape index (κ1) is 7.19. The Hall–Kier alpha value is -1.92. The second kappa shape index (κ2) is 2.37. The van der Waals surface area contributed by atoms with Gasteiger partial charge in [0.2, 0.25) is 12.0 Å². The molecular weight excluding hydrogens is 154 g/mol. The van der Waals surface area contributed by atoms with E-state index in [9.17, 15) is 14.9 Å². The average molecular weight is 157 g/mol. The molecule has 11 heavy (non-hydrogen) atoms. The quantitative estimate of drug-likeness (QED) is 0.467. The predicted molar refractivity (Wildman–Crippen MR) is 31.7 cm³/mol. The van der Waals surface area contributed by atoms with Gasteiger partial charge in [-0.3, -0.25) is 14.9 Å². The summed E-state index contributed by atoms with van der Waals surface area (Å²) < 4.78 is 4.18. The lowest BCUT2D eigenvalue weighted by Gasteiger charge is -1.84. The monoisotopic (exact) mass is 157 g/mol. The fourth-order valence-electron chi connectivity index (χ4n) is 0.532. The minimum Gasteiger partial charge on any atom is -0.364 e. The summed E-state index contributed by atoms with van der Waals surface area (Å²) in [5.41, 5.74) is 3.75. The smallest absolute Gasteiger partial charge is 0.341 e. The molecule has 1 aromatic rings. The first-order valence-corrected chi connectivity index (χ1v) is 2.51. The number of aromatic nitrogens is 1. The molecule has 1 rings (SSSR count). The molecule has 0 atom stereocenters. The molecule has 0 bridgehead atoms. The van der Waals surface area contributed by atoms with Crippen LogP contribution in [0.25, 0.3) is 0 Å². The molecule has 0 aliphatic rings. The van der Waals surface area contributed by atoms with Crippen molar-refractivity contribution in [2.24, 2.45) is 5.73 Å². The molecule has 7 nitrogen and oxygen atoms in total. The largest absolute Gasteiger partial charge is 0.364 e. The number of nitrogens with two attached hydrogens (primary N) is 1. The van der Waals surface area contributed by atoms with Crippen LogP contribution in [0.4, 0.5) is 5.69 Å². The van der Waals surface area contributed by atoms with Crippen LogP contribution in [0.1, 0.15) is 10.5 Å². The van der Waals surface area contributed by atoms with E-state index < -0.39 is 22.2 Å². The average Bonchev–Trinajstić information content (AvgIpc) is 2.32. The lowest BCUT2D eigenvalue weighted by atomic mass is 10.4. The first-order chi connectivity index (χ1) is 5.13. The number of amides is 1. The minimum atomic E-state index is -0.981. The Morgan fingerprint density at radius 1 is 1.82 bits per heavy atom. The van der Waals surface area contributed by atoms with E-state index in [1.807, 2.05) is 0 Å². The van der Waals surface area contributed by atoms with Crippen molar-refractivity contribution in [2.75, 3.05) is 0 Å². The van der Waals surface area contributed by atoms with Gasteiger partial charge in [-0.25, -0.2) is 0 Å². The maximum absolute atomic E-state index is 10.4. The molecule has 0 radical (unpaired) electrons. The van der Waals surface area contributed by atoms with Crippen molar-refractivity contribution in [2.45, 2.75) is 0 Å². The van der Waals surface area contributed by atoms with Crippen LogP contribution < -0.4 is 5.73 Å². The second-order valence-corrected chi connectivity index (χ2v) is 1.67. The van der Waals surface area contributed by atoms with E-state index in [0.29, 0.717) is 0 Å². The van der Waals surface area contributed by atoms with Crippen LogP contribution in [0.3, 0.4) is 0 Å². The van der Waals surface area contributed by atoms with Crippen molar-refractivity contribution in [3.05, 3.63) is 22.1 Å². The third-order valence-electron chi connectivity index (χ3n) is 0.981. The number of carbonyl (C=O) groups excluding carboxylic acids is 1. The van der Waals surface area contributed by atoms with Gasteiger partial charge in [-0.15, -0.1) is 0 Å². The summed E-state index contributed by atoms with van der Waals surface area (Å²) in [5, 5.41) is 13.1. The molecule has 0 aromatic carbocycles. The number of nitro groups is 1. The van der Waals surface area contributed by atoms with Crippen LogP contribution in [0.15, 0.2) is 10.8 Å². The third kappa shape index (κ3) is 1.16. The molecule has 0 spiro atoms. The van der Waals surface area contributed by atoms with Crippen molar-refractivity contribution in [3.63, 3.8) is 0 Å². The Bertz CT molecular complexity index is 276. The van der Waals surface area contributed by atoms with Crippen molar-refractivity contribution in [1.29, 1.82) is 0 Å².